The van der Waals surface area contributed by atoms with Crippen molar-refractivity contribution in [1.82, 2.24) is 0 Å². The summed E-state index contributed by atoms with van der Waals surface area (Å²) in [4.78, 5) is 10.3. The van der Waals surface area contributed by atoms with Gasteiger partial charge in [-0.25, -0.2) is 4.21 Å². The summed E-state index contributed by atoms with van der Waals surface area (Å²) in [6, 6.07) is -1.16. The van der Waals surface area contributed by atoms with Gasteiger partial charge in [0.1, 0.15) is 6.04 Å². The quantitative estimate of drug-likeness (QED) is 0.408. The molecule has 7 heteroatoms. The number of aliphatic carboxylic acids is 1. The molecule has 0 heterocycles. The minimum atomic E-state index is -2.14. The van der Waals surface area contributed by atoms with Crippen LogP contribution in [0.2, 0.25) is 0 Å². The van der Waals surface area contributed by atoms with Gasteiger partial charge in [-0.2, -0.15) is 0 Å². The molecule has 6 nitrogen and oxygen atoms in total. The van der Waals surface area contributed by atoms with E-state index in [1.807, 2.05) is 0 Å². The lowest BCUT2D eigenvalue weighted by molar-refractivity contribution is -0.138. The Bertz CT molecular complexity index is 197. The molecular weight excluding hydrogens is 198 g/mol. The van der Waals surface area contributed by atoms with Gasteiger partial charge in [0, 0.05) is 6.61 Å². The summed E-state index contributed by atoms with van der Waals surface area (Å²) in [5.74, 6) is -1.21. The van der Waals surface area contributed by atoms with Gasteiger partial charge in [0.05, 0.1) is 5.25 Å². The number of carboxylic acids is 1. The normalized spacial score (nSPS) is 17.8. The predicted molar refractivity (Wildman–Crippen MR) is 46.5 cm³/mol. The maximum atomic E-state index is 10.6. The third-order valence-electron chi connectivity index (χ3n) is 1.57. The van der Waals surface area contributed by atoms with Crippen LogP contribution < -0.4 is 5.73 Å². The van der Waals surface area contributed by atoms with Crippen molar-refractivity contribution < 1.29 is 23.8 Å². The number of rotatable bonds is 6. The van der Waals surface area contributed by atoms with Crippen molar-refractivity contribution in [1.29, 1.82) is 0 Å². The van der Waals surface area contributed by atoms with Crippen LogP contribution in [0.1, 0.15) is 12.8 Å². The highest BCUT2D eigenvalue weighted by Gasteiger charge is 2.22. The van der Waals surface area contributed by atoms with Gasteiger partial charge in [-0.3, -0.25) is 4.79 Å². The van der Waals surface area contributed by atoms with Gasteiger partial charge < -0.3 is 20.5 Å². The van der Waals surface area contributed by atoms with E-state index in [2.05, 4.69) is 0 Å². The van der Waals surface area contributed by atoms with E-state index in [4.69, 9.17) is 20.5 Å². The third-order valence-corrected chi connectivity index (χ3v) is 2.57. The molecular formula is C6H13NO5S. The highest BCUT2D eigenvalue weighted by atomic mass is 32.2. The number of aliphatic hydroxyl groups excluding tert-OH is 1. The standard InChI is InChI=1S/C6H13NO5S/c7-5(6(9)10)3-4(1-2-8)13(11)12/h4-5,8H,1-3,7H2,(H,9,10)(H,11,12)/t4?,5-/m1/s1. The van der Waals surface area contributed by atoms with E-state index in [1.54, 1.807) is 0 Å². The Morgan fingerprint density at radius 1 is 1.54 bits per heavy atom. The van der Waals surface area contributed by atoms with Crippen molar-refractivity contribution in [3.63, 3.8) is 0 Å². The summed E-state index contributed by atoms with van der Waals surface area (Å²) < 4.78 is 19.3. The number of carboxylic acid groups (broad SMARTS) is 1. The molecule has 0 rings (SSSR count). The Hall–Kier alpha value is -0.500. The van der Waals surface area contributed by atoms with Crippen LogP contribution in [0.5, 0.6) is 0 Å². The topological polar surface area (TPSA) is 121 Å². The highest BCUT2D eigenvalue weighted by Crippen LogP contribution is 2.07. The maximum absolute atomic E-state index is 10.6. The maximum Gasteiger partial charge on any atom is 0.320 e. The van der Waals surface area contributed by atoms with E-state index < -0.39 is 28.3 Å². The summed E-state index contributed by atoms with van der Waals surface area (Å²) in [5.41, 5.74) is 5.16. The Balaban J connectivity index is 4.09. The minimum Gasteiger partial charge on any atom is -0.480 e. The number of nitrogens with two attached hydrogens (primary N) is 1. The first kappa shape index (κ1) is 12.5. The fourth-order valence-corrected chi connectivity index (χ4v) is 1.51. The molecule has 0 fully saturated rings. The SMILES string of the molecule is N[C@H](CC(CCO)S(=O)O)C(=O)O. The number of hydrogen-bond donors (Lipinski definition) is 4. The zero-order chi connectivity index (χ0) is 10.4. The van der Waals surface area contributed by atoms with Crippen LogP contribution in [0.15, 0.2) is 0 Å². The van der Waals surface area contributed by atoms with Crippen molar-refractivity contribution >= 4 is 17.0 Å². The molecule has 0 radical (unpaired) electrons. The molecule has 5 N–H and O–H groups in total. The Labute approximate surface area is 78.0 Å². The van der Waals surface area contributed by atoms with Crippen molar-refractivity contribution in [2.24, 2.45) is 5.73 Å². The van der Waals surface area contributed by atoms with E-state index in [9.17, 15) is 9.00 Å². The molecule has 0 aliphatic heterocycles. The molecule has 0 amide bonds. The average molecular weight is 211 g/mol. The van der Waals surface area contributed by atoms with Gasteiger partial charge in [-0.05, 0) is 12.8 Å². The minimum absolute atomic E-state index is 0.0735. The highest BCUT2D eigenvalue weighted by molar-refractivity contribution is 7.79. The first-order valence-corrected chi connectivity index (χ1v) is 4.85. The second-order valence-corrected chi connectivity index (χ2v) is 3.81. The number of aliphatic hydroxyl groups is 1. The van der Waals surface area contributed by atoms with Crippen molar-refractivity contribution in [2.75, 3.05) is 6.61 Å². The van der Waals surface area contributed by atoms with Crippen LogP contribution in [0.3, 0.4) is 0 Å². The molecule has 0 saturated carbocycles. The van der Waals surface area contributed by atoms with Gasteiger partial charge in [-0.15, -0.1) is 0 Å². The molecule has 2 unspecified atom stereocenters. The zero-order valence-corrected chi connectivity index (χ0v) is 7.74. The molecule has 0 saturated heterocycles. The van der Waals surface area contributed by atoms with Crippen LogP contribution in [-0.4, -0.2) is 42.8 Å². The van der Waals surface area contributed by atoms with E-state index in [1.165, 1.54) is 0 Å². The second-order valence-electron chi connectivity index (χ2n) is 2.59. The summed E-state index contributed by atoms with van der Waals surface area (Å²) in [6.45, 7) is -0.261. The summed E-state index contributed by atoms with van der Waals surface area (Å²) in [5, 5.41) is 16.1. The molecule has 78 valence electrons. The smallest absolute Gasteiger partial charge is 0.320 e. The monoisotopic (exact) mass is 211 g/mol. The molecule has 0 aromatic carbocycles. The van der Waals surface area contributed by atoms with E-state index in [-0.39, 0.29) is 19.4 Å². The number of carbonyl (C=O) groups is 1. The first-order chi connectivity index (χ1) is 5.99. The van der Waals surface area contributed by atoms with Gasteiger partial charge in [0.25, 0.3) is 0 Å². The molecule has 3 atom stereocenters. The second kappa shape index (κ2) is 6.03. The lowest BCUT2D eigenvalue weighted by Gasteiger charge is -2.13. The largest absolute Gasteiger partial charge is 0.480 e. The molecule has 0 aliphatic rings. The molecule has 0 aromatic heterocycles. The van der Waals surface area contributed by atoms with Crippen molar-refractivity contribution in [3.8, 4) is 0 Å². The fourth-order valence-electron chi connectivity index (χ4n) is 0.829. The zero-order valence-electron chi connectivity index (χ0n) is 6.92. The Morgan fingerprint density at radius 2 is 2.08 bits per heavy atom. The van der Waals surface area contributed by atoms with Crippen LogP contribution in [0.25, 0.3) is 0 Å². The Morgan fingerprint density at radius 3 is 2.38 bits per heavy atom. The predicted octanol–water partition coefficient (Wildman–Crippen LogP) is -1.24. The van der Waals surface area contributed by atoms with E-state index >= 15 is 0 Å². The summed E-state index contributed by atoms with van der Waals surface area (Å²) in [7, 11) is 0. The summed E-state index contributed by atoms with van der Waals surface area (Å²) in [6.07, 6.45) is -0.0386. The lowest BCUT2D eigenvalue weighted by atomic mass is 10.1. The van der Waals surface area contributed by atoms with Crippen molar-refractivity contribution in [2.45, 2.75) is 24.1 Å². The van der Waals surface area contributed by atoms with Gasteiger partial charge in [0.15, 0.2) is 11.1 Å². The third kappa shape index (κ3) is 4.94. The Kier molecular flexibility index (Phi) is 5.80. The van der Waals surface area contributed by atoms with Crippen LogP contribution in [-0.2, 0) is 15.9 Å². The van der Waals surface area contributed by atoms with Gasteiger partial charge in [0.2, 0.25) is 0 Å². The lowest BCUT2D eigenvalue weighted by Crippen LogP contribution is -2.35. The van der Waals surface area contributed by atoms with E-state index in [0.717, 1.165) is 0 Å². The average Bonchev–Trinajstić information content (AvgIpc) is 2.03. The van der Waals surface area contributed by atoms with Gasteiger partial charge >= 0.3 is 5.97 Å². The molecule has 0 aromatic rings. The molecule has 13 heavy (non-hydrogen) atoms. The fraction of sp³-hybridized carbons (Fsp3) is 0.833. The summed E-state index contributed by atoms with van der Waals surface area (Å²) >= 11 is -2.14. The first-order valence-electron chi connectivity index (χ1n) is 3.68. The van der Waals surface area contributed by atoms with Crippen LogP contribution in [0, 0.1) is 0 Å². The van der Waals surface area contributed by atoms with Crippen LogP contribution in [0.4, 0.5) is 0 Å². The van der Waals surface area contributed by atoms with Crippen molar-refractivity contribution in [3.05, 3.63) is 0 Å². The number of hydrogen-bond acceptors (Lipinski definition) is 4. The molecule has 0 aliphatic carbocycles. The molecule has 0 spiro atoms. The van der Waals surface area contributed by atoms with E-state index in [0.29, 0.717) is 0 Å². The van der Waals surface area contributed by atoms with Crippen LogP contribution >= 0.6 is 0 Å². The van der Waals surface area contributed by atoms with Gasteiger partial charge in [-0.1, -0.05) is 0 Å². The molecule has 0 bridgehead atoms.